The fraction of sp³-hybridized carbons (Fsp3) is 0.235. The smallest absolute Gasteiger partial charge is 0.173 e. The van der Waals surface area contributed by atoms with Gasteiger partial charge in [0.25, 0.3) is 0 Å². The summed E-state index contributed by atoms with van der Waals surface area (Å²) in [6, 6.07) is 10.4. The van der Waals surface area contributed by atoms with Crippen LogP contribution in [0.2, 0.25) is 0 Å². The lowest BCUT2D eigenvalue weighted by molar-refractivity contribution is 0.102. The van der Waals surface area contributed by atoms with Crippen molar-refractivity contribution in [2.75, 3.05) is 5.75 Å². The van der Waals surface area contributed by atoms with Gasteiger partial charge in [-0.2, -0.15) is 0 Å². The molecule has 1 nitrogen and oxygen atoms in total. The van der Waals surface area contributed by atoms with Crippen molar-refractivity contribution in [3.05, 3.63) is 64.5 Å². The Kier molecular flexibility index (Phi) is 4.61. The number of thioether (sulfide) groups is 1. The Hall–Kier alpha value is -1.61. The Labute approximate surface area is 123 Å². The van der Waals surface area contributed by atoms with E-state index in [1.165, 1.54) is 23.9 Å². The highest BCUT2D eigenvalue weighted by Crippen LogP contribution is 2.23. The zero-order valence-electron chi connectivity index (χ0n) is 11.9. The molecule has 0 aliphatic rings. The van der Waals surface area contributed by atoms with E-state index < -0.39 is 0 Å². The van der Waals surface area contributed by atoms with Crippen molar-refractivity contribution in [2.45, 2.75) is 25.7 Å². The molecule has 2 aromatic rings. The first-order valence-corrected chi connectivity index (χ1v) is 7.45. The van der Waals surface area contributed by atoms with Gasteiger partial charge in [-0.25, -0.2) is 4.39 Å². The zero-order chi connectivity index (χ0) is 14.7. The minimum Gasteiger partial charge on any atom is -0.293 e. The van der Waals surface area contributed by atoms with Gasteiger partial charge in [0.15, 0.2) is 5.78 Å². The van der Waals surface area contributed by atoms with Crippen LogP contribution < -0.4 is 0 Å². The van der Waals surface area contributed by atoms with Crippen molar-refractivity contribution in [3.63, 3.8) is 0 Å². The van der Waals surface area contributed by atoms with E-state index in [0.29, 0.717) is 5.75 Å². The van der Waals surface area contributed by atoms with Crippen molar-refractivity contribution >= 4 is 17.5 Å². The van der Waals surface area contributed by atoms with E-state index in [-0.39, 0.29) is 11.6 Å². The Morgan fingerprint density at radius 3 is 2.35 bits per heavy atom. The van der Waals surface area contributed by atoms with Gasteiger partial charge >= 0.3 is 0 Å². The lowest BCUT2D eigenvalue weighted by Gasteiger charge is -2.10. The maximum absolute atomic E-state index is 13.1. The Morgan fingerprint density at radius 2 is 1.75 bits per heavy atom. The van der Waals surface area contributed by atoms with Gasteiger partial charge in [0.05, 0.1) is 5.75 Å². The van der Waals surface area contributed by atoms with Gasteiger partial charge < -0.3 is 0 Å². The highest BCUT2D eigenvalue weighted by Gasteiger charge is 2.13. The van der Waals surface area contributed by atoms with Crippen LogP contribution in [0, 0.1) is 26.6 Å². The second kappa shape index (κ2) is 6.23. The van der Waals surface area contributed by atoms with Crippen LogP contribution in [0.15, 0.2) is 41.3 Å². The lowest BCUT2D eigenvalue weighted by atomic mass is 9.97. The summed E-state index contributed by atoms with van der Waals surface area (Å²) in [5.74, 6) is 0.146. The van der Waals surface area contributed by atoms with E-state index in [4.69, 9.17) is 0 Å². The van der Waals surface area contributed by atoms with Gasteiger partial charge in [0.1, 0.15) is 5.82 Å². The number of ketones is 1. The molecule has 0 saturated heterocycles. The lowest BCUT2D eigenvalue weighted by Crippen LogP contribution is -2.07. The van der Waals surface area contributed by atoms with Crippen LogP contribution in [-0.4, -0.2) is 11.5 Å². The number of aryl methyl sites for hydroxylation is 3. The minimum atomic E-state index is -0.273. The predicted molar refractivity (Wildman–Crippen MR) is 82.1 cm³/mol. The molecule has 104 valence electrons. The average Bonchev–Trinajstić information content (AvgIpc) is 2.35. The minimum absolute atomic E-state index is 0.0919. The number of hydrogen-bond acceptors (Lipinski definition) is 2. The summed E-state index contributed by atoms with van der Waals surface area (Å²) in [6.45, 7) is 5.94. The molecule has 0 spiro atoms. The molecule has 2 aromatic carbocycles. The number of Topliss-reactive ketones (excluding diaryl/α,β-unsaturated/α-hetero) is 1. The molecule has 0 saturated carbocycles. The molecule has 2 rings (SSSR count). The summed E-state index contributed by atoms with van der Waals surface area (Å²) < 4.78 is 13.1. The average molecular weight is 288 g/mol. The summed E-state index contributed by atoms with van der Waals surface area (Å²) >= 11 is 1.37. The molecule has 0 radical (unpaired) electrons. The number of carbonyl (C=O) groups is 1. The highest BCUT2D eigenvalue weighted by atomic mass is 32.2. The summed E-state index contributed by atoms with van der Waals surface area (Å²) in [5, 5.41) is 0. The molecule has 0 heterocycles. The number of hydrogen-bond donors (Lipinski definition) is 0. The van der Waals surface area contributed by atoms with Crippen LogP contribution >= 0.6 is 11.8 Å². The SMILES string of the molecule is Cc1cc(C)c(C(=O)CSc2cccc(F)c2)c(C)c1. The second-order valence-corrected chi connectivity index (χ2v) is 5.99. The Bertz CT molecular complexity index is 626. The summed E-state index contributed by atoms with van der Waals surface area (Å²) in [6.07, 6.45) is 0. The zero-order valence-corrected chi connectivity index (χ0v) is 12.7. The van der Waals surface area contributed by atoms with Gasteiger partial charge in [0, 0.05) is 10.5 Å². The van der Waals surface area contributed by atoms with E-state index in [1.807, 2.05) is 39.0 Å². The normalized spacial score (nSPS) is 10.6. The van der Waals surface area contributed by atoms with E-state index >= 15 is 0 Å². The Morgan fingerprint density at radius 1 is 1.10 bits per heavy atom. The molecule has 3 heteroatoms. The molecule has 0 N–H and O–H groups in total. The number of rotatable bonds is 4. The molecule has 0 fully saturated rings. The molecule has 0 unspecified atom stereocenters. The van der Waals surface area contributed by atoms with Gasteiger partial charge in [-0.3, -0.25) is 4.79 Å². The van der Waals surface area contributed by atoms with Crippen LogP contribution in [0.5, 0.6) is 0 Å². The van der Waals surface area contributed by atoms with Crippen molar-refractivity contribution in [3.8, 4) is 0 Å². The summed E-state index contributed by atoms with van der Waals surface area (Å²) in [4.78, 5) is 13.1. The molecule has 0 amide bonds. The van der Waals surface area contributed by atoms with E-state index in [2.05, 4.69) is 0 Å². The molecule has 0 bridgehead atoms. The third-order valence-corrected chi connectivity index (χ3v) is 4.12. The van der Waals surface area contributed by atoms with Gasteiger partial charge in [0.2, 0.25) is 0 Å². The van der Waals surface area contributed by atoms with Crippen LogP contribution in [0.4, 0.5) is 4.39 Å². The van der Waals surface area contributed by atoms with Crippen molar-refractivity contribution in [1.82, 2.24) is 0 Å². The topological polar surface area (TPSA) is 17.1 Å². The maximum Gasteiger partial charge on any atom is 0.173 e. The highest BCUT2D eigenvalue weighted by molar-refractivity contribution is 8.00. The predicted octanol–water partition coefficient (Wildman–Crippen LogP) is 4.73. The first kappa shape index (κ1) is 14.8. The second-order valence-electron chi connectivity index (χ2n) is 4.94. The first-order valence-electron chi connectivity index (χ1n) is 6.47. The largest absolute Gasteiger partial charge is 0.293 e. The molecule has 0 atom stereocenters. The van der Waals surface area contributed by atoms with Crippen molar-refractivity contribution in [2.24, 2.45) is 0 Å². The van der Waals surface area contributed by atoms with Crippen LogP contribution in [-0.2, 0) is 0 Å². The monoisotopic (exact) mass is 288 g/mol. The number of benzene rings is 2. The summed E-state index contributed by atoms with van der Waals surface area (Å²) in [7, 11) is 0. The number of carbonyl (C=O) groups excluding carboxylic acids is 1. The van der Waals surface area contributed by atoms with E-state index in [0.717, 1.165) is 27.1 Å². The molecule has 0 aromatic heterocycles. The first-order chi connectivity index (χ1) is 9.47. The van der Waals surface area contributed by atoms with Gasteiger partial charge in [-0.05, 0) is 50.1 Å². The van der Waals surface area contributed by atoms with E-state index in [9.17, 15) is 9.18 Å². The molecular weight excluding hydrogens is 271 g/mol. The molecule has 0 aliphatic carbocycles. The number of halogens is 1. The standard InChI is InChI=1S/C17H17FOS/c1-11-7-12(2)17(13(3)8-11)16(19)10-20-15-6-4-5-14(18)9-15/h4-9H,10H2,1-3H3. The fourth-order valence-corrected chi connectivity index (χ4v) is 3.21. The molecule has 0 aliphatic heterocycles. The van der Waals surface area contributed by atoms with Crippen molar-refractivity contribution in [1.29, 1.82) is 0 Å². The van der Waals surface area contributed by atoms with E-state index in [1.54, 1.807) is 6.07 Å². The third kappa shape index (κ3) is 3.48. The summed E-state index contributed by atoms with van der Waals surface area (Å²) in [5.41, 5.74) is 3.97. The third-order valence-electron chi connectivity index (χ3n) is 3.12. The van der Waals surface area contributed by atoms with Crippen LogP contribution in [0.1, 0.15) is 27.0 Å². The Balaban J connectivity index is 2.13. The van der Waals surface area contributed by atoms with Gasteiger partial charge in [-0.15, -0.1) is 11.8 Å². The van der Waals surface area contributed by atoms with Gasteiger partial charge in [-0.1, -0.05) is 23.8 Å². The quantitative estimate of drug-likeness (QED) is 0.598. The molecule has 20 heavy (non-hydrogen) atoms. The van der Waals surface area contributed by atoms with Crippen molar-refractivity contribution < 1.29 is 9.18 Å². The van der Waals surface area contributed by atoms with Crippen LogP contribution in [0.3, 0.4) is 0 Å². The van der Waals surface area contributed by atoms with Crippen LogP contribution in [0.25, 0.3) is 0 Å². The fourth-order valence-electron chi connectivity index (χ4n) is 2.40. The molecular formula is C17H17FOS. The maximum atomic E-state index is 13.1.